The van der Waals surface area contributed by atoms with E-state index in [-0.39, 0.29) is 11.0 Å². The van der Waals surface area contributed by atoms with Crippen molar-refractivity contribution in [2.24, 2.45) is 0 Å². The van der Waals surface area contributed by atoms with Gasteiger partial charge in [0.05, 0.1) is 5.56 Å². The number of carbonyl (C=O) groups is 1. The average Bonchev–Trinajstić information content (AvgIpc) is 2.61. The second-order valence-corrected chi connectivity index (χ2v) is 6.40. The molecular weight excluding hydrogens is 331 g/mol. The first-order valence-electron chi connectivity index (χ1n) is 8.55. The van der Waals surface area contributed by atoms with Crippen molar-refractivity contribution < 1.29 is 9.18 Å². The van der Waals surface area contributed by atoms with Crippen molar-refractivity contribution in [3.8, 4) is 0 Å². The number of aromatic nitrogens is 2. The number of pyridine rings is 2. The molecule has 0 atom stereocenters. The molecule has 0 spiro atoms. The molecule has 0 aliphatic rings. The summed E-state index contributed by atoms with van der Waals surface area (Å²) >= 11 is 0. The Labute approximate surface area is 152 Å². The van der Waals surface area contributed by atoms with Gasteiger partial charge in [-0.1, -0.05) is 12.5 Å². The third kappa shape index (κ3) is 4.42. The molecule has 2 aromatic heterocycles. The molecule has 0 amide bonds. The Morgan fingerprint density at radius 1 is 1.27 bits per heavy atom. The summed E-state index contributed by atoms with van der Waals surface area (Å²) in [6.07, 6.45) is 6.52. The van der Waals surface area contributed by atoms with E-state index >= 15 is 0 Å². The fraction of sp³-hybridized carbons (Fsp3) is 0.286. The van der Waals surface area contributed by atoms with Gasteiger partial charge in [0.25, 0.3) is 0 Å². The van der Waals surface area contributed by atoms with Crippen LogP contribution < -0.4 is 5.43 Å². The van der Waals surface area contributed by atoms with Crippen LogP contribution in [0, 0.1) is 5.95 Å². The summed E-state index contributed by atoms with van der Waals surface area (Å²) in [4.78, 5) is 26.9. The monoisotopic (exact) mass is 354 g/mol. The second kappa shape index (κ2) is 8.52. The lowest BCUT2D eigenvalue weighted by Gasteiger charge is -2.15. The van der Waals surface area contributed by atoms with Gasteiger partial charge in [0, 0.05) is 36.3 Å². The maximum Gasteiger partial charge on any atom is 0.212 e. The molecule has 0 aromatic carbocycles. The molecule has 0 fully saturated rings. The van der Waals surface area contributed by atoms with Crippen LogP contribution in [0.3, 0.4) is 0 Å². The Bertz CT molecular complexity index is 918. The minimum atomic E-state index is -0.524. The summed E-state index contributed by atoms with van der Waals surface area (Å²) < 4.78 is 15.0. The van der Waals surface area contributed by atoms with Crippen LogP contribution in [0.15, 0.2) is 47.0 Å². The number of allylic oxidation sites excluding steroid dienone is 4. The van der Waals surface area contributed by atoms with Gasteiger partial charge in [-0.05, 0) is 56.5 Å². The lowest BCUT2D eigenvalue weighted by molar-refractivity contribution is 0.112. The zero-order valence-corrected chi connectivity index (χ0v) is 15.5. The first-order chi connectivity index (χ1) is 12.4. The molecule has 0 bridgehead atoms. The maximum atomic E-state index is 13.1. The SMILES string of the molecule is CCCn1cc(C=O)c(=O)cc1/C(C)=C/C(=C(C)C)c1ccc(F)nc1. The van der Waals surface area contributed by atoms with Gasteiger partial charge in [0.2, 0.25) is 5.95 Å². The Morgan fingerprint density at radius 2 is 2.00 bits per heavy atom. The summed E-state index contributed by atoms with van der Waals surface area (Å²) in [7, 11) is 0. The number of carbonyl (C=O) groups excluding carboxylic acids is 1. The van der Waals surface area contributed by atoms with Crippen molar-refractivity contribution in [3.63, 3.8) is 0 Å². The van der Waals surface area contributed by atoms with Crippen LogP contribution >= 0.6 is 0 Å². The minimum Gasteiger partial charge on any atom is -0.347 e. The lowest BCUT2D eigenvalue weighted by atomic mass is 9.99. The van der Waals surface area contributed by atoms with Crippen LogP contribution in [0.2, 0.25) is 0 Å². The highest BCUT2D eigenvalue weighted by Crippen LogP contribution is 2.25. The van der Waals surface area contributed by atoms with Gasteiger partial charge in [-0.25, -0.2) is 4.98 Å². The summed E-state index contributed by atoms with van der Waals surface area (Å²) in [5.41, 5.74) is 4.28. The molecule has 2 rings (SSSR count). The number of hydrogen-bond acceptors (Lipinski definition) is 3. The van der Waals surface area contributed by atoms with Gasteiger partial charge in [0.1, 0.15) is 0 Å². The van der Waals surface area contributed by atoms with E-state index in [9.17, 15) is 14.0 Å². The Kier molecular flexibility index (Phi) is 6.39. The van der Waals surface area contributed by atoms with E-state index < -0.39 is 5.95 Å². The van der Waals surface area contributed by atoms with Crippen LogP contribution in [0.1, 0.15) is 55.7 Å². The molecule has 0 aliphatic carbocycles. The summed E-state index contributed by atoms with van der Waals surface area (Å²) in [5.74, 6) is -0.524. The van der Waals surface area contributed by atoms with Crippen molar-refractivity contribution in [2.45, 2.75) is 40.7 Å². The molecule has 0 saturated heterocycles. The van der Waals surface area contributed by atoms with Crippen LogP contribution in [0.25, 0.3) is 11.1 Å². The highest BCUT2D eigenvalue weighted by molar-refractivity contribution is 5.84. The van der Waals surface area contributed by atoms with E-state index in [2.05, 4.69) is 4.98 Å². The number of rotatable bonds is 6. The van der Waals surface area contributed by atoms with E-state index in [0.717, 1.165) is 34.4 Å². The number of hydrogen-bond donors (Lipinski definition) is 0. The van der Waals surface area contributed by atoms with E-state index in [0.29, 0.717) is 12.8 Å². The second-order valence-electron chi connectivity index (χ2n) is 6.40. The summed E-state index contributed by atoms with van der Waals surface area (Å²) in [6.45, 7) is 8.59. The first-order valence-corrected chi connectivity index (χ1v) is 8.55. The Balaban J connectivity index is 2.58. The molecule has 26 heavy (non-hydrogen) atoms. The van der Waals surface area contributed by atoms with Gasteiger partial charge in [-0.3, -0.25) is 9.59 Å². The highest BCUT2D eigenvalue weighted by Gasteiger charge is 2.10. The van der Waals surface area contributed by atoms with E-state index in [1.807, 2.05) is 38.3 Å². The van der Waals surface area contributed by atoms with Crippen molar-refractivity contribution in [1.29, 1.82) is 0 Å². The Morgan fingerprint density at radius 3 is 2.54 bits per heavy atom. The largest absolute Gasteiger partial charge is 0.347 e. The first kappa shape index (κ1) is 19.5. The summed E-state index contributed by atoms with van der Waals surface area (Å²) in [5, 5.41) is 0. The molecule has 0 aliphatic heterocycles. The van der Waals surface area contributed by atoms with Gasteiger partial charge in [-0.15, -0.1) is 0 Å². The van der Waals surface area contributed by atoms with Gasteiger partial charge >= 0.3 is 0 Å². The van der Waals surface area contributed by atoms with Crippen molar-refractivity contribution in [3.05, 3.63) is 75.2 Å². The normalized spacial score (nSPS) is 11.3. The predicted molar refractivity (Wildman–Crippen MR) is 102 cm³/mol. The van der Waals surface area contributed by atoms with E-state index in [1.54, 1.807) is 12.3 Å². The van der Waals surface area contributed by atoms with Crippen molar-refractivity contribution >= 4 is 17.4 Å². The molecule has 2 aromatic rings. The van der Waals surface area contributed by atoms with E-state index in [1.165, 1.54) is 18.3 Å². The van der Waals surface area contributed by atoms with Crippen molar-refractivity contribution in [2.75, 3.05) is 0 Å². The van der Waals surface area contributed by atoms with Gasteiger partial charge in [-0.2, -0.15) is 4.39 Å². The quantitative estimate of drug-likeness (QED) is 0.436. The van der Waals surface area contributed by atoms with Crippen LogP contribution in [-0.4, -0.2) is 15.8 Å². The van der Waals surface area contributed by atoms with Crippen LogP contribution in [0.4, 0.5) is 4.39 Å². The molecule has 4 nitrogen and oxygen atoms in total. The third-order valence-electron chi connectivity index (χ3n) is 4.09. The molecule has 5 heteroatoms. The molecule has 0 unspecified atom stereocenters. The zero-order chi connectivity index (χ0) is 19.3. The Hall–Kier alpha value is -2.82. The highest BCUT2D eigenvalue weighted by atomic mass is 19.1. The molecule has 136 valence electrons. The third-order valence-corrected chi connectivity index (χ3v) is 4.09. The average molecular weight is 354 g/mol. The molecule has 0 radical (unpaired) electrons. The molecule has 0 N–H and O–H groups in total. The number of aldehydes is 1. The fourth-order valence-corrected chi connectivity index (χ4v) is 2.79. The topological polar surface area (TPSA) is 52.0 Å². The maximum absolute atomic E-state index is 13.1. The zero-order valence-electron chi connectivity index (χ0n) is 15.5. The fourth-order valence-electron chi connectivity index (χ4n) is 2.79. The molecule has 0 saturated carbocycles. The lowest BCUT2D eigenvalue weighted by Crippen LogP contribution is -2.15. The molecular formula is C21H23FN2O2. The van der Waals surface area contributed by atoms with E-state index in [4.69, 9.17) is 0 Å². The van der Waals surface area contributed by atoms with Crippen LogP contribution in [0.5, 0.6) is 0 Å². The molecule has 2 heterocycles. The predicted octanol–water partition coefficient (Wildman–Crippen LogP) is 4.50. The minimum absolute atomic E-state index is 0.153. The van der Waals surface area contributed by atoms with Gasteiger partial charge < -0.3 is 4.57 Å². The number of nitrogens with zero attached hydrogens (tertiary/aromatic N) is 2. The number of aryl methyl sites for hydroxylation is 1. The summed E-state index contributed by atoms with van der Waals surface area (Å²) in [6, 6.07) is 4.51. The van der Waals surface area contributed by atoms with Crippen LogP contribution in [-0.2, 0) is 6.54 Å². The number of halogens is 1. The van der Waals surface area contributed by atoms with Gasteiger partial charge in [0.15, 0.2) is 11.7 Å². The smallest absolute Gasteiger partial charge is 0.212 e. The van der Waals surface area contributed by atoms with Crippen molar-refractivity contribution in [1.82, 2.24) is 9.55 Å². The standard InChI is InChI=1S/C21H23FN2O2/c1-5-8-24-12-17(13-25)20(26)10-19(24)15(4)9-18(14(2)3)16-6-7-21(22)23-11-16/h6-7,9-13H,5,8H2,1-4H3/b15-9+.